The molecule has 9 nitrogen and oxygen atoms in total. The highest BCUT2D eigenvalue weighted by atomic mass is 32.2. The lowest BCUT2D eigenvalue weighted by Crippen LogP contribution is -2.20. The Bertz CT molecular complexity index is 1110. The molecule has 31 heavy (non-hydrogen) atoms. The molecule has 0 aliphatic carbocycles. The van der Waals surface area contributed by atoms with Crippen molar-refractivity contribution in [2.75, 3.05) is 30.9 Å². The Morgan fingerprint density at radius 1 is 0.935 bits per heavy atom. The van der Waals surface area contributed by atoms with Crippen LogP contribution in [0.3, 0.4) is 0 Å². The predicted molar refractivity (Wildman–Crippen MR) is 115 cm³/mol. The fourth-order valence-corrected chi connectivity index (χ4v) is 3.56. The Kier molecular flexibility index (Phi) is 6.93. The van der Waals surface area contributed by atoms with E-state index in [0.29, 0.717) is 22.9 Å². The van der Waals surface area contributed by atoms with Gasteiger partial charge < -0.3 is 19.5 Å². The fraction of sp³-hybridized carbons (Fsp3) is 0.143. The van der Waals surface area contributed by atoms with E-state index in [2.05, 4.69) is 15.0 Å². The number of hydrogen-bond donors (Lipinski definition) is 2. The van der Waals surface area contributed by atoms with Gasteiger partial charge in [0.2, 0.25) is 0 Å². The van der Waals surface area contributed by atoms with E-state index in [9.17, 15) is 13.2 Å². The van der Waals surface area contributed by atoms with Crippen molar-refractivity contribution in [3.05, 3.63) is 66.9 Å². The average Bonchev–Trinajstić information content (AvgIpc) is 2.78. The number of anilines is 2. The van der Waals surface area contributed by atoms with Gasteiger partial charge in [0.25, 0.3) is 15.9 Å². The van der Waals surface area contributed by atoms with E-state index < -0.39 is 15.9 Å². The minimum atomic E-state index is -3.79. The van der Waals surface area contributed by atoms with Gasteiger partial charge in [-0.3, -0.25) is 9.52 Å². The molecule has 0 aliphatic rings. The second kappa shape index (κ2) is 9.81. The number of sulfonamides is 1. The number of nitrogens with one attached hydrogen (secondary N) is 2. The van der Waals surface area contributed by atoms with Gasteiger partial charge >= 0.3 is 0 Å². The maximum atomic E-state index is 12.4. The minimum absolute atomic E-state index is 0.0378. The lowest BCUT2D eigenvalue weighted by atomic mass is 10.3. The molecular formula is C21H21N3O6S. The number of aromatic nitrogens is 1. The van der Waals surface area contributed by atoms with Crippen molar-refractivity contribution in [3.8, 4) is 17.2 Å². The number of pyridine rings is 1. The number of methoxy groups -OCH3 is 2. The molecule has 162 valence electrons. The molecule has 1 aromatic heterocycles. The fourth-order valence-electron chi connectivity index (χ4n) is 2.55. The lowest BCUT2D eigenvalue weighted by molar-refractivity contribution is -0.118. The first-order chi connectivity index (χ1) is 14.9. The molecule has 1 heterocycles. The molecule has 10 heteroatoms. The Hall–Kier alpha value is -3.79. The zero-order valence-electron chi connectivity index (χ0n) is 16.9. The molecule has 0 saturated heterocycles. The highest BCUT2D eigenvalue weighted by molar-refractivity contribution is 7.92. The van der Waals surface area contributed by atoms with Crippen molar-refractivity contribution in [1.82, 2.24) is 4.98 Å². The quantitative estimate of drug-likeness (QED) is 0.522. The van der Waals surface area contributed by atoms with E-state index in [4.69, 9.17) is 14.2 Å². The molecule has 0 aliphatic heterocycles. The Morgan fingerprint density at radius 2 is 1.58 bits per heavy atom. The molecule has 0 atom stereocenters. The summed E-state index contributed by atoms with van der Waals surface area (Å²) in [5.41, 5.74) is 0.425. The molecular weight excluding hydrogens is 422 g/mol. The molecule has 0 spiro atoms. The van der Waals surface area contributed by atoms with Crippen LogP contribution >= 0.6 is 0 Å². The molecule has 0 unspecified atom stereocenters. The number of nitrogens with zero attached hydrogens (tertiary/aromatic N) is 1. The summed E-state index contributed by atoms with van der Waals surface area (Å²) in [6, 6.07) is 15.6. The summed E-state index contributed by atoms with van der Waals surface area (Å²) in [7, 11) is -0.762. The van der Waals surface area contributed by atoms with Crippen molar-refractivity contribution in [3.63, 3.8) is 0 Å². The summed E-state index contributed by atoms with van der Waals surface area (Å²) >= 11 is 0. The van der Waals surface area contributed by atoms with E-state index in [-0.39, 0.29) is 17.3 Å². The molecule has 2 N–H and O–H groups in total. The highest BCUT2D eigenvalue weighted by Gasteiger charge is 2.15. The molecule has 2 aromatic carbocycles. The first-order valence-corrected chi connectivity index (χ1v) is 10.6. The van der Waals surface area contributed by atoms with Gasteiger partial charge in [-0.05, 0) is 36.4 Å². The van der Waals surface area contributed by atoms with Crippen LogP contribution in [0.1, 0.15) is 0 Å². The van der Waals surface area contributed by atoms with Gasteiger partial charge in [-0.1, -0.05) is 6.07 Å². The molecule has 0 radical (unpaired) electrons. The number of carbonyl (C=O) groups excluding carboxylic acids is 1. The van der Waals surface area contributed by atoms with Crippen LogP contribution < -0.4 is 24.2 Å². The number of hydrogen-bond acceptors (Lipinski definition) is 7. The van der Waals surface area contributed by atoms with Gasteiger partial charge in [-0.2, -0.15) is 0 Å². The second-order valence-electron chi connectivity index (χ2n) is 6.23. The van der Waals surface area contributed by atoms with Crippen LogP contribution in [-0.4, -0.2) is 40.1 Å². The van der Waals surface area contributed by atoms with Crippen LogP contribution in [-0.2, 0) is 14.8 Å². The van der Waals surface area contributed by atoms with Crippen molar-refractivity contribution in [1.29, 1.82) is 0 Å². The topological polar surface area (TPSA) is 116 Å². The van der Waals surface area contributed by atoms with Gasteiger partial charge in [-0.15, -0.1) is 0 Å². The number of benzene rings is 2. The summed E-state index contributed by atoms with van der Waals surface area (Å²) in [4.78, 5) is 16.2. The van der Waals surface area contributed by atoms with Crippen LogP contribution in [0.2, 0.25) is 0 Å². The van der Waals surface area contributed by atoms with E-state index in [0.717, 1.165) is 0 Å². The minimum Gasteiger partial charge on any atom is -0.496 e. The number of ether oxygens (including phenoxy) is 3. The number of rotatable bonds is 9. The third-order valence-electron chi connectivity index (χ3n) is 4.05. The summed E-state index contributed by atoms with van der Waals surface area (Å²) < 4.78 is 43.0. The van der Waals surface area contributed by atoms with Gasteiger partial charge in [-0.25, -0.2) is 13.4 Å². The van der Waals surface area contributed by atoms with Gasteiger partial charge in [0.1, 0.15) is 23.1 Å². The molecule has 0 bridgehead atoms. The second-order valence-corrected chi connectivity index (χ2v) is 7.91. The average molecular weight is 443 g/mol. The highest BCUT2D eigenvalue weighted by Crippen LogP contribution is 2.27. The molecule has 1 amide bonds. The van der Waals surface area contributed by atoms with Crippen molar-refractivity contribution >= 4 is 27.4 Å². The van der Waals surface area contributed by atoms with Gasteiger partial charge in [0.05, 0.1) is 19.1 Å². The summed E-state index contributed by atoms with van der Waals surface area (Å²) in [5, 5.41) is 2.64. The van der Waals surface area contributed by atoms with Crippen LogP contribution in [0.5, 0.6) is 17.2 Å². The Balaban J connectivity index is 1.59. The largest absolute Gasteiger partial charge is 0.496 e. The first-order valence-electron chi connectivity index (χ1n) is 9.09. The maximum absolute atomic E-state index is 12.4. The zero-order valence-corrected chi connectivity index (χ0v) is 17.7. The van der Waals surface area contributed by atoms with E-state index >= 15 is 0 Å². The van der Waals surface area contributed by atoms with Crippen LogP contribution in [0, 0.1) is 0 Å². The third kappa shape index (κ3) is 6.09. The summed E-state index contributed by atoms with van der Waals surface area (Å²) in [6.07, 6.45) is 1.49. The molecule has 0 saturated carbocycles. The first kappa shape index (κ1) is 21.9. The van der Waals surface area contributed by atoms with Crippen LogP contribution in [0.25, 0.3) is 0 Å². The van der Waals surface area contributed by atoms with Crippen LogP contribution in [0.15, 0.2) is 71.8 Å². The number of carbonyl (C=O) groups is 1. The van der Waals surface area contributed by atoms with E-state index in [1.165, 1.54) is 44.7 Å². The van der Waals surface area contributed by atoms with Crippen LogP contribution in [0.4, 0.5) is 11.5 Å². The van der Waals surface area contributed by atoms with E-state index in [1.54, 1.807) is 36.4 Å². The SMILES string of the molecule is COc1cc(OC)cc(OCC(=O)Nc2ccc(S(=O)(=O)Nc3ccccn3)cc2)c1. The monoisotopic (exact) mass is 443 g/mol. The number of amides is 1. The van der Waals surface area contributed by atoms with Crippen molar-refractivity contribution < 1.29 is 27.4 Å². The van der Waals surface area contributed by atoms with Crippen molar-refractivity contribution in [2.24, 2.45) is 0 Å². The van der Waals surface area contributed by atoms with E-state index in [1.807, 2.05) is 0 Å². The smallest absolute Gasteiger partial charge is 0.263 e. The normalized spacial score (nSPS) is 10.8. The third-order valence-corrected chi connectivity index (χ3v) is 5.42. The van der Waals surface area contributed by atoms with Crippen molar-refractivity contribution in [2.45, 2.75) is 4.90 Å². The summed E-state index contributed by atoms with van der Waals surface area (Å²) in [5.74, 6) is 1.28. The maximum Gasteiger partial charge on any atom is 0.263 e. The molecule has 0 fully saturated rings. The zero-order chi connectivity index (χ0) is 22.3. The molecule has 3 rings (SSSR count). The standard InChI is InChI=1S/C21H21N3O6S/c1-28-16-11-17(29-2)13-18(12-16)30-14-21(25)23-15-6-8-19(9-7-15)31(26,27)24-20-5-3-4-10-22-20/h3-13H,14H2,1-2H3,(H,22,24)(H,23,25). The van der Waals surface area contributed by atoms with Gasteiger partial charge in [0.15, 0.2) is 6.61 Å². The Labute approximate surface area is 180 Å². The Morgan fingerprint density at radius 3 is 2.16 bits per heavy atom. The predicted octanol–water partition coefficient (Wildman–Crippen LogP) is 2.92. The summed E-state index contributed by atoms with van der Waals surface area (Å²) in [6.45, 7) is -0.252. The van der Waals surface area contributed by atoms with Gasteiger partial charge in [0, 0.05) is 30.1 Å². The molecule has 3 aromatic rings. The lowest BCUT2D eigenvalue weighted by Gasteiger charge is -2.11.